The quantitative estimate of drug-likeness (QED) is 0.473. The molecule has 1 aliphatic rings. The van der Waals surface area contributed by atoms with Crippen molar-refractivity contribution in [3.63, 3.8) is 0 Å². The molecule has 5 rings (SSSR count). The van der Waals surface area contributed by atoms with Gasteiger partial charge in [-0.1, -0.05) is 42.5 Å². The number of aromatic nitrogens is 3. The summed E-state index contributed by atoms with van der Waals surface area (Å²) < 4.78 is 15.5. The molecule has 172 valence electrons. The van der Waals surface area contributed by atoms with E-state index in [2.05, 4.69) is 32.4 Å². The molecule has 0 unspecified atom stereocenters. The second kappa shape index (κ2) is 9.28. The van der Waals surface area contributed by atoms with Gasteiger partial charge in [-0.3, -0.25) is 19.8 Å². The van der Waals surface area contributed by atoms with Gasteiger partial charge in [0.05, 0.1) is 5.69 Å². The predicted octanol–water partition coefficient (Wildman–Crippen LogP) is 3.95. The van der Waals surface area contributed by atoms with Crippen LogP contribution in [-0.4, -0.2) is 32.1 Å². The first kappa shape index (κ1) is 22.1. The lowest BCUT2D eigenvalue weighted by atomic mass is 10.1. The summed E-state index contributed by atoms with van der Waals surface area (Å²) in [5.41, 5.74) is 1.96. The molecule has 1 aliphatic heterocycles. The average Bonchev–Trinajstić information content (AvgIpc) is 3.22. The van der Waals surface area contributed by atoms with Gasteiger partial charge < -0.3 is 0 Å². The van der Waals surface area contributed by atoms with Crippen LogP contribution in [0, 0.1) is 12.7 Å². The number of halogens is 1. The second-order valence-electron chi connectivity index (χ2n) is 8.15. The van der Waals surface area contributed by atoms with Crippen LogP contribution in [0.4, 0.5) is 9.52 Å². The van der Waals surface area contributed by atoms with Gasteiger partial charge in [0.2, 0.25) is 5.43 Å². The number of para-hydroxylation sites is 1. The lowest BCUT2D eigenvalue weighted by Crippen LogP contribution is -2.29. The van der Waals surface area contributed by atoms with Crippen LogP contribution in [0.25, 0.3) is 5.69 Å². The fourth-order valence-corrected chi connectivity index (χ4v) is 5.05. The zero-order valence-electron chi connectivity index (χ0n) is 18.5. The summed E-state index contributed by atoms with van der Waals surface area (Å²) >= 11 is 1.40. The maximum atomic E-state index is 14.3. The molecule has 0 aliphatic carbocycles. The molecule has 0 fully saturated rings. The number of anilines is 1. The van der Waals surface area contributed by atoms with Gasteiger partial charge in [0, 0.05) is 42.7 Å². The standard InChI is InChI=1S/C25H22FN5O2S/c1-16-13-21(32)23(29-31(16)20-10-6-5-9-18(20)26)24(33)28-25-27-19-11-12-30(15-22(19)34-25)14-17-7-3-2-4-8-17/h2-10,13H,11-12,14-15H2,1H3,(H,27,28,33). The highest BCUT2D eigenvalue weighted by Gasteiger charge is 2.23. The first-order valence-electron chi connectivity index (χ1n) is 10.9. The minimum Gasteiger partial charge on any atom is -0.296 e. The predicted molar refractivity (Wildman–Crippen MR) is 129 cm³/mol. The Hall–Kier alpha value is -3.69. The Morgan fingerprint density at radius 1 is 1.15 bits per heavy atom. The smallest absolute Gasteiger partial charge is 0.281 e. The van der Waals surface area contributed by atoms with E-state index in [0.29, 0.717) is 10.8 Å². The lowest BCUT2D eigenvalue weighted by Gasteiger charge is -2.25. The van der Waals surface area contributed by atoms with Crippen molar-refractivity contribution in [2.75, 3.05) is 11.9 Å². The molecule has 3 heterocycles. The number of benzene rings is 2. The fourth-order valence-electron chi connectivity index (χ4n) is 4.01. The van der Waals surface area contributed by atoms with Crippen LogP contribution >= 0.6 is 11.3 Å². The van der Waals surface area contributed by atoms with E-state index in [1.165, 1.54) is 39.8 Å². The van der Waals surface area contributed by atoms with E-state index < -0.39 is 17.2 Å². The van der Waals surface area contributed by atoms with E-state index in [-0.39, 0.29) is 11.4 Å². The Kier molecular flexibility index (Phi) is 6.04. The van der Waals surface area contributed by atoms with Crippen molar-refractivity contribution in [3.05, 3.63) is 104 Å². The van der Waals surface area contributed by atoms with Gasteiger partial charge in [0.15, 0.2) is 10.8 Å². The second-order valence-corrected chi connectivity index (χ2v) is 9.23. The number of thiazole rings is 1. The molecule has 4 aromatic rings. The van der Waals surface area contributed by atoms with Crippen molar-refractivity contribution in [3.8, 4) is 5.69 Å². The normalized spacial score (nSPS) is 13.5. The molecule has 0 bridgehead atoms. The van der Waals surface area contributed by atoms with Crippen LogP contribution in [0.2, 0.25) is 0 Å². The van der Waals surface area contributed by atoms with E-state index in [4.69, 9.17) is 0 Å². The van der Waals surface area contributed by atoms with Gasteiger partial charge in [-0.05, 0) is 24.6 Å². The van der Waals surface area contributed by atoms with Gasteiger partial charge >= 0.3 is 0 Å². The van der Waals surface area contributed by atoms with Gasteiger partial charge in [-0.25, -0.2) is 14.1 Å². The molecule has 1 amide bonds. The van der Waals surface area contributed by atoms with Crippen LogP contribution < -0.4 is 10.7 Å². The molecular formula is C25H22FN5O2S. The third kappa shape index (κ3) is 4.52. The number of fused-ring (bicyclic) bond motifs is 1. The lowest BCUT2D eigenvalue weighted by molar-refractivity contribution is 0.101. The van der Waals surface area contributed by atoms with Crippen molar-refractivity contribution in [2.24, 2.45) is 0 Å². The maximum absolute atomic E-state index is 14.3. The number of hydrogen-bond donors (Lipinski definition) is 1. The number of rotatable bonds is 5. The Morgan fingerprint density at radius 2 is 1.91 bits per heavy atom. The monoisotopic (exact) mass is 475 g/mol. The molecular weight excluding hydrogens is 453 g/mol. The Balaban J connectivity index is 1.34. The summed E-state index contributed by atoms with van der Waals surface area (Å²) in [6.07, 6.45) is 0.789. The number of nitrogens with one attached hydrogen (secondary N) is 1. The highest BCUT2D eigenvalue weighted by Crippen LogP contribution is 2.29. The van der Waals surface area contributed by atoms with E-state index in [1.54, 1.807) is 19.1 Å². The third-order valence-electron chi connectivity index (χ3n) is 5.68. The minimum absolute atomic E-state index is 0.164. The molecule has 1 N–H and O–H groups in total. The molecule has 0 saturated heterocycles. The van der Waals surface area contributed by atoms with Gasteiger partial charge in [0.25, 0.3) is 5.91 Å². The number of carbonyl (C=O) groups is 1. The van der Waals surface area contributed by atoms with Crippen LogP contribution in [0.5, 0.6) is 0 Å². The maximum Gasteiger partial charge on any atom is 0.281 e. The first-order chi connectivity index (χ1) is 16.5. The number of carbonyl (C=O) groups excluding carboxylic acids is 1. The summed E-state index contributed by atoms with van der Waals surface area (Å²) in [4.78, 5) is 33.4. The van der Waals surface area contributed by atoms with Crippen LogP contribution in [-0.2, 0) is 19.5 Å². The van der Waals surface area contributed by atoms with Crippen LogP contribution in [0.1, 0.15) is 32.3 Å². The zero-order valence-corrected chi connectivity index (χ0v) is 19.3. The van der Waals surface area contributed by atoms with Crippen molar-refractivity contribution in [1.29, 1.82) is 0 Å². The molecule has 7 nitrogen and oxygen atoms in total. The van der Waals surface area contributed by atoms with E-state index >= 15 is 0 Å². The molecule has 34 heavy (non-hydrogen) atoms. The largest absolute Gasteiger partial charge is 0.296 e. The average molecular weight is 476 g/mol. The van der Waals surface area contributed by atoms with Crippen molar-refractivity contribution in [2.45, 2.75) is 26.4 Å². The zero-order chi connectivity index (χ0) is 23.7. The summed E-state index contributed by atoms with van der Waals surface area (Å²) in [6, 6.07) is 17.6. The van der Waals surface area contributed by atoms with E-state index in [1.807, 2.05) is 18.2 Å². The van der Waals surface area contributed by atoms with Crippen molar-refractivity contribution >= 4 is 22.4 Å². The molecule has 2 aromatic carbocycles. The fraction of sp³-hybridized carbons (Fsp3) is 0.200. The van der Waals surface area contributed by atoms with Gasteiger partial charge in [-0.2, -0.15) is 5.10 Å². The molecule has 2 aromatic heterocycles. The number of nitrogens with zero attached hydrogens (tertiary/aromatic N) is 4. The molecule has 0 radical (unpaired) electrons. The Labute approximate surface area is 199 Å². The Bertz CT molecular complexity index is 1420. The van der Waals surface area contributed by atoms with Crippen LogP contribution in [0.15, 0.2) is 65.5 Å². The minimum atomic E-state index is -0.665. The van der Waals surface area contributed by atoms with Gasteiger partial charge in [-0.15, -0.1) is 11.3 Å². The van der Waals surface area contributed by atoms with Crippen molar-refractivity contribution < 1.29 is 9.18 Å². The third-order valence-corrected chi connectivity index (χ3v) is 6.68. The molecule has 9 heteroatoms. The summed E-state index contributed by atoms with van der Waals surface area (Å²) in [7, 11) is 0. The summed E-state index contributed by atoms with van der Waals surface area (Å²) in [6.45, 7) is 4.12. The SMILES string of the molecule is Cc1cc(=O)c(C(=O)Nc2nc3c(s2)CN(Cc2ccccc2)CC3)nn1-c1ccccc1F. The summed E-state index contributed by atoms with van der Waals surface area (Å²) in [5.74, 6) is -1.16. The van der Waals surface area contributed by atoms with E-state index in [0.717, 1.165) is 36.6 Å². The number of hydrogen-bond acceptors (Lipinski definition) is 6. The highest BCUT2D eigenvalue weighted by atomic mass is 32.1. The van der Waals surface area contributed by atoms with Crippen LogP contribution in [0.3, 0.4) is 0 Å². The van der Waals surface area contributed by atoms with Crippen molar-refractivity contribution in [1.82, 2.24) is 19.7 Å². The van der Waals surface area contributed by atoms with E-state index in [9.17, 15) is 14.0 Å². The molecule has 0 atom stereocenters. The highest BCUT2D eigenvalue weighted by molar-refractivity contribution is 7.15. The van der Waals surface area contributed by atoms with Gasteiger partial charge in [0.1, 0.15) is 11.5 Å². The number of amides is 1. The number of aryl methyl sites for hydroxylation is 1. The topological polar surface area (TPSA) is 80.1 Å². The molecule has 0 saturated carbocycles. The first-order valence-corrected chi connectivity index (χ1v) is 11.7. The Morgan fingerprint density at radius 3 is 2.71 bits per heavy atom. The summed E-state index contributed by atoms with van der Waals surface area (Å²) in [5, 5.41) is 7.30. The molecule has 0 spiro atoms.